The van der Waals surface area contributed by atoms with Crippen LogP contribution in [0.2, 0.25) is 0 Å². The van der Waals surface area contributed by atoms with E-state index in [2.05, 4.69) is 0 Å². The van der Waals surface area contributed by atoms with Crippen LogP contribution in [0.4, 0.5) is 4.79 Å². The van der Waals surface area contributed by atoms with Crippen LogP contribution in [-0.2, 0) is 19.0 Å². The van der Waals surface area contributed by atoms with Gasteiger partial charge in [-0.05, 0) is 34.6 Å². The van der Waals surface area contributed by atoms with Crippen LogP contribution >= 0.6 is 0 Å². The van der Waals surface area contributed by atoms with Crippen LogP contribution < -0.4 is 0 Å². The first-order valence-corrected chi connectivity index (χ1v) is 6.58. The van der Waals surface area contributed by atoms with Gasteiger partial charge in [0, 0.05) is 6.54 Å². The third kappa shape index (κ3) is 2.88. The molecule has 7 nitrogen and oxygen atoms in total. The molecular weight excluding hydrogens is 266 g/mol. The highest BCUT2D eigenvalue weighted by molar-refractivity contribution is 5.75. The summed E-state index contributed by atoms with van der Waals surface area (Å²) in [5.41, 5.74) is -0.650. The number of hydrogen-bond acceptors (Lipinski definition) is 5. The Morgan fingerprint density at radius 2 is 1.90 bits per heavy atom. The number of carbonyl (C=O) groups is 2. The molecule has 1 N–H and O–H groups in total. The maximum absolute atomic E-state index is 12.2. The second kappa shape index (κ2) is 4.60. The van der Waals surface area contributed by atoms with Crippen molar-refractivity contribution in [2.45, 2.75) is 58.3 Å². The lowest BCUT2D eigenvalue weighted by atomic mass is 10.1. The number of carbonyl (C=O) groups excluding carboxylic acids is 1. The zero-order valence-corrected chi connectivity index (χ0v) is 12.4. The number of nitrogens with zero attached hydrogens (tertiary/aromatic N) is 1. The van der Waals surface area contributed by atoms with Crippen molar-refractivity contribution in [2.24, 2.45) is 5.92 Å². The Morgan fingerprint density at radius 3 is 2.40 bits per heavy atom. The summed E-state index contributed by atoms with van der Waals surface area (Å²) in [6, 6.07) is 0. The van der Waals surface area contributed by atoms with Gasteiger partial charge in [0.15, 0.2) is 12.0 Å². The summed E-state index contributed by atoms with van der Waals surface area (Å²) in [4.78, 5) is 24.7. The molecule has 2 rings (SSSR count). The molecule has 0 aromatic heterocycles. The van der Waals surface area contributed by atoms with Crippen molar-refractivity contribution in [2.75, 3.05) is 6.54 Å². The molecule has 2 saturated heterocycles. The zero-order valence-electron chi connectivity index (χ0n) is 12.4. The normalized spacial score (nSPS) is 32.0. The van der Waals surface area contributed by atoms with Crippen molar-refractivity contribution in [3.8, 4) is 0 Å². The lowest BCUT2D eigenvalue weighted by Gasteiger charge is -2.28. The minimum Gasteiger partial charge on any atom is -0.481 e. The van der Waals surface area contributed by atoms with E-state index in [0.717, 1.165) is 0 Å². The van der Waals surface area contributed by atoms with Crippen LogP contribution in [0.5, 0.6) is 0 Å². The fourth-order valence-corrected chi connectivity index (χ4v) is 2.43. The largest absolute Gasteiger partial charge is 0.481 e. The Hall–Kier alpha value is -1.34. The number of fused-ring (bicyclic) bond motifs is 1. The molecule has 0 aliphatic carbocycles. The highest BCUT2D eigenvalue weighted by Gasteiger charge is 2.57. The van der Waals surface area contributed by atoms with E-state index in [1.165, 1.54) is 4.90 Å². The molecule has 114 valence electrons. The van der Waals surface area contributed by atoms with E-state index in [9.17, 15) is 14.7 Å². The summed E-state index contributed by atoms with van der Waals surface area (Å²) in [6.45, 7) is 8.67. The number of hydrogen-bond donors (Lipinski definition) is 1. The van der Waals surface area contributed by atoms with Crippen LogP contribution in [0, 0.1) is 5.92 Å². The molecule has 1 amide bonds. The highest BCUT2D eigenvalue weighted by Crippen LogP contribution is 2.39. The Morgan fingerprint density at radius 1 is 1.30 bits per heavy atom. The lowest BCUT2D eigenvalue weighted by Crippen LogP contribution is -2.42. The summed E-state index contributed by atoms with van der Waals surface area (Å²) in [6.07, 6.45) is -1.98. The Kier molecular flexibility index (Phi) is 3.46. The van der Waals surface area contributed by atoms with E-state index < -0.39 is 41.7 Å². The molecular formula is C13H21NO6. The SMILES string of the molecule is CC(C)(C)OC(=O)N1C[C@@H](C(=O)O)[C@H]2OC(C)(C)O[C@H]21. The molecule has 0 radical (unpaired) electrons. The van der Waals surface area contributed by atoms with Gasteiger partial charge in [-0.15, -0.1) is 0 Å². The standard InChI is InChI=1S/C13H21NO6/c1-12(2,3)20-11(17)14-6-7(10(15)16)8-9(14)19-13(4,5)18-8/h7-9H,6H2,1-5H3,(H,15,16)/t7-,8-,9-/m1/s1. The van der Waals surface area contributed by atoms with Crippen molar-refractivity contribution in [3.05, 3.63) is 0 Å². The number of carboxylic acid groups (broad SMARTS) is 1. The summed E-state index contributed by atoms with van der Waals surface area (Å²) >= 11 is 0. The predicted molar refractivity (Wildman–Crippen MR) is 67.9 cm³/mol. The molecule has 0 unspecified atom stereocenters. The van der Waals surface area contributed by atoms with E-state index in [-0.39, 0.29) is 6.54 Å². The molecule has 7 heteroatoms. The van der Waals surface area contributed by atoms with Gasteiger partial charge in [0.05, 0.1) is 0 Å². The summed E-state index contributed by atoms with van der Waals surface area (Å²) < 4.78 is 16.5. The number of ether oxygens (including phenoxy) is 3. The van der Waals surface area contributed by atoms with Crippen LogP contribution in [0.1, 0.15) is 34.6 Å². The van der Waals surface area contributed by atoms with Gasteiger partial charge >= 0.3 is 12.1 Å². The molecule has 2 aliphatic rings. The topological polar surface area (TPSA) is 85.3 Å². The molecule has 0 aromatic carbocycles. The van der Waals surface area contributed by atoms with Crippen molar-refractivity contribution in [1.82, 2.24) is 4.90 Å². The molecule has 0 bridgehead atoms. The third-order valence-corrected chi connectivity index (χ3v) is 3.15. The Balaban J connectivity index is 2.18. The number of carboxylic acids is 1. The fraction of sp³-hybridized carbons (Fsp3) is 0.846. The molecule has 2 aliphatic heterocycles. The first-order valence-electron chi connectivity index (χ1n) is 6.58. The van der Waals surface area contributed by atoms with Crippen LogP contribution in [0.25, 0.3) is 0 Å². The Bertz CT molecular complexity index is 427. The van der Waals surface area contributed by atoms with Gasteiger partial charge in [-0.2, -0.15) is 0 Å². The summed E-state index contributed by atoms with van der Waals surface area (Å²) in [5.74, 6) is -2.73. The van der Waals surface area contributed by atoms with Crippen molar-refractivity contribution in [1.29, 1.82) is 0 Å². The number of likely N-dealkylation sites (tertiary alicyclic amines) is 1. The molecule has 0 spiro atoms. The van der Waals surface area contributed by atoms with Gasteiger partial charge in [-0.1, -0.05) is 0 Å². The molecule has 20 heavy (non-hydrogen) atoms. The van der Waals surface area contributed by atoms with E-state index >= 15 is 0 Å². The van der Waals surface area contributed by atoms with Crippen LogP contribution in [0.3, 0.4) is 0 Å². The minimum absolute atomic E-state index is 0.0235. The van der Waals surface area contributed by atoms with Crippen molar-refractivity contribution < 1.29 is 28.9 Å². The quantitative estimate of drug-likeness (QED) is 0.785. The molecule has 0 saturated carbocycles. The molecule has 2 fully saturated rings. The first-order chi connectivity index (χ1) is 9.00. The van der Waals surface area contributed by atoms with Gasteiger partial charge in [0.2, 0.25) is 0 Å². The third-order valence-electron chi connectivity index (χ3n) is 3.15. The fourth-order valence-electron chi connectivity index (χ4n) is 2.43. The van der Waals surface area contributed by atoms with E-state index in [4.69, 9.17) is 14.2 Å². The molecule has 3 atom stereocenters. The first kappa shape index (κ1) is 15.1. The smallest absolute Gasteiger partial charge is 0.412 e. The van der Waals surface area contributed by atoms with Gasteiger partial charge in [0.25, 0.3) is 0 Å². The number of amides is 1. The summed E-state index contributed by atoms with van der Waals surface area (Å²) in [7, 11) is 0. The summed E-state index contributed by atoms with van der Waals surface area (Å²) in [5, 5.41) is 9.25. The maximum atomic E-state index is 12.2. The lowest BCUT2D eigenvalue weighted by molar-refractivity contribution is -0.174. The minimum atomic E-state index is -1.01. The van der Waals surface area contributed by atoms with E-state index in [1.54, 1.807) is 34.6 Å². The zero-order chi connectivity index (χ0) is 15.3. The van der Waals surface area contributed by atoms with Crippen molar-refractivity contribution >= 4 is 12.1 Å². The van der Waals surface area contributed by atoms with E-state index in [1.807, 2.05) is 0 Å². The van der Waals surface area contributed by atoms with Gasteiger partial charge in [-0.3, -0.25) is 9.69 Å². The van der Waals surface area contributed by atoms with Gasteiger partial charge in [-0.25, -0.2) is 4.79 Å². The second-order valence-electron chi connectivity index (χ2n) is 6.57. The second-order valence-corrected chi connectivity index (χ2v) is 6.57. The van der Waals surface area contributed by atoms with Gasteiger partial charge < -0.3 is 19.3 Å². The van der Waals surface area contributed by atoms with Gasteiger partial charge in [0.1, 0.15) is 17.6 Å². The Labute approximate surface area is 117 Å². The van der Waals surface area contributed by atoms with Crippen molar-refractivity contribution in [3.63, 3.8) is 0 Å². The monoisotopic (exact) mass is 287 g/mol. The average Bonchev–Trinajstić information content (AvgIpc) is 2.67. The number of aliphatic carboxylic acids is 1. The number of rotatable bonds is 1. The van der Waals surface area contributed by atoms with Crippen LogP contribution in [-0.4, -0.2) is 52.3 Å². The molecule has 0 aromatic rings. The maximum Gasteiger partial charge on any atom is 0.412 e. The average molecular weight is 287 g/mol. The molecule has 2 heterocycles. The van der Waals surface area contributed by atoms with E-state index in [0.29, 0.717) is 0 Å². The predicted octanol–water partition coefficient (Wildman–Crippen LogP) is 1.42. The van der Waals surface area contributed by atoms with Crippen LogP contribution in [0.15, 0.2) is 0 Å². The highest BCUT2D eigenvalue weighted by atomic mass is 16.8.